The first-order valence-corrected chi connectivity index (χ1v) is 26.1. The summed E-state index contributed by atoms with van der Waals surface area (Å²) in [6.07, 6.45) is 13.1. The number of piperidine rings is 1. The molecule has 4 aliphatic rings. The van der Waals surface area contributed by atoms with E-state index < -0.39 is 83.9 Å². The molecule has 0 spiro atoms. The van der Waals surface area contributed by atoms with Gasteiger partial charge in [0.1, 0.15) is 30.1 Å². The van der Waals surface area contributed by atoms with Crippen molar-refractivity contribution < 1.29 is 68.1 Å². The molecule has 3 fully saturated rings. The van der Waals surface area contributed by atoms with Gasteiger partial charge >= 0.3 is 5.97 Å². The molecular formula is C55H87NO14. The van der Waals surface area contributed by atoms with E-state index in [-0.39, 0.29) is 61.4 Å². The molecule has 396 valence electrons. The molecule has 15 nitrogen and oxygen atoms in total. The Balaban J connectivity index is 1.71. The van der Waals surface area contributed by atoms with Crippen LogP contribution >= 0.6 is 0 Å². The Hall–Kier alpha value is -3.41. The molecule has 0 aromatic carbocycles. The molecule has 2 saturated heterocycles. The smallest absolute Gasteiger partial charge is 0.329 e. The van der Waals surface area contributed by atoms with Crippen LogP contribution < -0.4 is 0 Å². The van der Waals surface area contributed by atoms with Crippen LogP contribution in [-0.2, 0) is 47.7 Å². The maximum atomic E-state index is 14.5. The van der Waals surface area contributed by atoms with Crippen molar-refractivity contribution in [3.8, 4) is 0 Å². The van der Waals surface area contributed by atoms with Crippen LogP contribution in [0.5, 0.6) is 0 Å². The molecule has 3 heterocycles. The predicted molar refractivity (Wildman–Crippen MR) is 265 cm³/mol. The van der Waals surface area contributed by atoms with Gasteiger partial charge in [-0.05, 0) is 126 Å². The minimum Gasteiger partial charge on any atom is -0.460 e. The number of methoxy groups -OCH3 is 2. The second-order valence-electron chi connectivity index (χ2n) is 21.0. The number of fused-ring (bicyclic) bond motifs is 3. The van der Waals surface area contributed by atoms with Gasteiger partial charge in [-0.25, -0.2) is 4.79 Å². The van der Waals surface area contributed by atoms with Crippen LogP contribution in [0.2, 0.25) is 0 Å². The van der Waals surface area contributed by atoms with E-state index in [0.29, 0.717) is 82.8 Å². The Morgan fingerprint density at radius 3 is 2.30 bits per heavy atom. The van der Waals surface area contributed by atoms with Gasteiger partial charge in [-0.3, -0.25) is 19.2 Å². The SMILES string of the molecule is CO[C@@H]1C[C@H](C[C@@H](C)[C@@H]2CC(=O)[C@H](C)/C=C(\C)[C@@H](O)[C@@H](OC)C(=O)[C@H](C)C[C@H](C)/C=C/C=C/C=C(\C)[C@@H](OCCCCCO)C[C@@H]3CC[C@@H](C)[C@@](O)(O3)C(=O)C(=O)N3CCCCC3C(=O)O2)CC[C@H]1O. The lowest BCUT2D eigenvalue weighted by molar-refractivity contribution is -0.266. The summed E-state index contributed by atoms with van der Waals surface area (Å²) in [6.45, 7) is 13.2. The zero-order chi connectivity index (χ0) is 51.7. The lowest BCUT2D eigenvalue weighted by atomic mass is 9.78. The number of ether oxygens (including phenoxy) is 5. The molecular weight excluding hydrogens is 899 g/mol. The first-order chi connectivity index (χ1) is 33.2. The zero-order valence-corrected chi connectivity index (χ0v) is 43.6. The maximum absolute atomic E-state index is 14.5. The average Bonchev–Trinajstić information content (AvgIpc) is 3.33. The second-order valence-corrected chi connectivity index (χ2v) is 21.0. The molecule has 0 aromatic rings. The van der Waals surface area contributed by atoms with Gasteiger partial charge in [0.05, 0.1) is 24.4 Å². The number of carbonyl (C=O) groups is 5. The fraction of sp³-hybridized carbons (Fsp3) is 0.764. The molecule has 0 radical (unpaired) electrons. The molecule has 1 unspecified atom stereocenters. The van der Waals surface area contributed by atoms with Crippen LogP contribution in [0.1, 0.15) is 145 Å². The number of carbonyl (C=O) groups excluding carboxylic acids is 5. The van der Waals surface area contributed by atoms with Crippen LogP contribution in [0.15, 0.2) is 47.6 Å². The molecule has 3 aliphatic heterocycles. The van der Waals surface area contributed by atoms with Gasteiger partial charge in [0.2, 0.25) is 5.79 Å². The number of cyclic esters (lactones) is 1. The summed E-state index contributed by atoms with van der Waals surface area (Å²) in [6, 6.07) is -1.16. The molecule has 2 bridgehead atoms. The van der Waals surface area contributed by atoms with Gasteiger partial charge in [0.25, 0.3) is 11.7 Å². The van der Waals surface area contributed by atoms with Gasteiger partial charge in [-0.2, -0.15) is 0 Å². The fourth-order valence-corrected chi connectivity index (χ4v) is 10.7. The maximum Gasteiger partial charge on any atom is 0.329 e. The van der Waals surface area contributed by atoms with Crippen molar-refractivity contribution in [2.75, 3.05) is 34.0 Å². The number of ketones is 3. The van der Waals surface area contributed by atoms with Gasteiger partial charge < -0.3 is 49.0 Å². The van der Waals surface area contributed by atoms with Gasteiger partial charge in [0, 0.05) is 64.6 Å². The number of Topliss-reactive ketones (excluding diaryl/α,β-unsaturated/α-hetero) is 3. The van der Waals surface area contributed by atoms with Crippen molar-refractivity contribution >= 4 is 29.2 Å². The Labute approximate surface area is 417 Å². The summed E-state index contributed by atoms with van der Waals surface area (Å²) in [5, 5.41) is 43.4. The Morgan fingerprint density at radius 2 is 1.60 bits per heavy atom. The third kappa shape index (κ3) is 16.6. The van der Waals surface area contributed by atoms with Crippen molar-refractivity contribution in [3.05, 3.63) is 47.6 Å². The number of allylic oxidation sites excluding steroid dienone is 6. The average molecular weight is 986 g/mol. The van der Waals surface area contributed by atoms with Gasteiger partial charge in [-0.1, -0.05) is 71.1 Å². The van der Waals surface area contributed by atoms with Crippen molar-refractivity contribution in [1.82, 2.24) is 4.90 Å². The fourth-order valence-electron chi connectivity index (χ4n) is 10.7. The highest BCUT2D eigenvalue weighted by atomic mass is 16.6. The predicted octanol–water partition coefficient (Wildman–Crippen LogP) is 6.71. The molecule has 1 amide bonds. The number of amides is 1. The summed E-state index contributed by atoms with van der Waals surface area (Å²) in [4.78, 5) is 72.4. The molecule has 0 aromatic heterocycles. The number of hydrogen-bond acceptors (Lipinski definition) is 14. The Bertz CT molecular complexity index is 1840. The van der Waals surface area contributed by atoms with Crippen molar-refractivity contribution in [3.63, 3.8) is 0 Å². The number of aliphatic hydroxyl groups is 4. The minimum absolute atomic E-state index is 0.000802. The zero-order valence-electron chi connectivity index (χ0n) is 43.6. The quantitative estimate of drug-likeness (QED) is 0.0733. The van der Waals surface area contributed by atoms with E-state index in [9.17, 15) is 44.4 Å². The monoisotopic (exact) mass is 986 g/mol. The topological polar surface area (TPSA) is 216 Å². The largest absolute Gasteiger partial charge is 0.460 e. The normalized spacial score (nSPS) is 38.4. The number of aliphatic hydroxyl groups excluding tert-OH is 3. The van der Waals surface area contributed by atoms with Crippen LogP contribution in [0, 0.1) is 35.5 Å². The first-order valence-electron chi connectivity index (χ1n) is 26.1. The van der Waals surface area contributed by atoms with Gasteiger partial charge in [0.15, 0.2) is 5.78 Å². The lowest BCUT2D eigenvalue weighted by Gasteiger charge is -2.43. The standard InChI is InChI=1S/C55H87NO14/c1-34-18-12-10-13-19-35(2)46(68-27-17-11-16-26-57)32-42-23-21-40(7)55(65,70-42)52(62)53(63)56-25-15-14-20-43(56)54(64)69-47(37(4)30-41-22-24-44(58)48(31-41)66-8)33-45(59)36(3)29-39(6)50(61)51(67-9)49(60)38(5)28-34/h10,12-13,18-19,29,34,36-38,40-44,46-48,50-51,57-58,61,65H,11,14-17,20-28,30-33H2,1-9H3/b13-10+,18-12+,35-19+,39-29+/t34-,36-,37-,38-,40-,41+,42+,43?,44-,46+,47+,48-,50-,51+,55-/m1/s1. The number of rotatable bonds is 11. The molecule has 15 heteroatoms. The highest BCUT2D eigenvalue weighted by Gasteiger charge is 2.53. The third-order valence-electron chi connectivity index (χ3n) is 15.3. The molecule has 4 rings (SSSR count). The second kappa shape index (κ2) is 28.7. The summed E-state index contributed by atoms with van der Waals surface area (Å²) in [5.41, 5.74) is 1.26. The van der Waals surface area contributed by atoms with E-state index in [1.54, 1.807) is 34.0 Å². The molecule has 4 N–H and O–H groups in total. The minimum atomic E-state index is -2.46. The highest BCUT2D eigenvalue weighted by molar-refractivity contribution is 6.39. The summed E-state index contributed by atoms with van der Waals surface area (Å²) in [7, 11) is 2.94. The Morgan fingerprint density at radius 1 is 0.857 bits per heavy atom. The summed E-state index contributed by atoms with van der Waals surface area (Å²) in [5.74, 6) is -8.13. The molecule has 70 heavy (non-hydrogen) atoms. The van der Waals surface area contributed by atoms with Crippen molar-refractivity contribution in [2.45, 2.75) is 199 Å². The van der Waals surface area contributed by atoms with Crippen molar-refractivity contribution in [2.24, 2.45) is 35.5 Å². The van der Waals surface area contributed by atoms with E-state index >= 15 is 0 Å². The van der Waals surface area contributed by atoms with Crippen LogP contribution in [-0.4, -0.2) is 143 Å². The van der Waals surface area contributed by atoms with E-state index in [4.69, 9.17) is 23.7 Å². The van der Waals surface area contributed by atoms with Crippen LogP contribution in [0.3, 0.4) is 0 Å². The number of nitrogens with zero attached hydrogens (tertiary/aromatic N) is 1. The van der Waals surface area contributed by atoms with E-state index in [1.807, 2.05) is 58.1 Å². The molecule has 1 aliphatic carbocycles. The molecule has 1 saturated carbocycles. The third-order valence-corrected chi connectivity index (χ3v) is 15.3. The van der Waals surface area contributed by atoms with Gasteiger partial charge in [-0.15, -0.1) is 0 Å². The van der Waals surface area contributed by atoms with Crippen molar-refractivity contribution in [1.29, 1.82) is 0 Å². The van der Waals surface area contributed by atoms with E-state index in [1.165, 1.54) is 12.0 Å². The van der Waals surface area contributed by atoms with Crippen LogP contribution in [0.4, 0.5) is 0 Å². The lowest BCUT2D eigenvalue weighted by Crippen LogP contribution is -2.61. The summed E-state index contributed by atoms with van der Waals surface area (Å²) >= 11 is 0. The number of esters is 1. The Kier molecular flexibility index (Phi) is 24.3. The van der Waals surface area contributed by atoms with E-state index in [0.717, 1.165) is 18.4 Å². The number of hydrogen-bond donors (Lipinski definition) is 4. The first kappa shape index (κ1) is 59.2. The number of unbranched alkanes of at least 4 members (excludes halogenated alkanes) is 2. The molecule has 15 atom stereocenters. The highest BCUT2D eigenvalue weighted by Crippen LogP contribution is 2.38. The van der Waals surface area contributed by atoms with E-state index in [2.05, 4.69) is 0 Å². The summed E-state index contributed by atoms with van der Waals surface area (Å²) < 4.78 is 30.1. The van der Waals surface area contributed by atoms with Crippen LogP contribution in [0.25, 0.3) is 0 Å².